The van der Waals surface area contributed by atoms with Crippen LogP contribution in [0.15, 0.2) is 29.3 Å². The molecule has 0 aromatic carbocycles. The zero-order valence-electron chi connectivity index (χ0n) is 13.2. The summed E-state index contributed by atoms with van der Waals surface area (Å²) in [6.07, 6.45) is 1.02. The first-order valence-corrected chi connectivity index (χ1v) is 8.62. The standard InChI is InChI=1S/C14H12N2O6S2.Na/c1-6(17)16(8-3-2-4-23-8)9-11(18)15-5-7(13(19)20)10(14(21)22)24-12(9)15;/h2-5,9-10,12H,1H3,(H,19,20)(H,21,22);/q;+1/p-1/t9?,10?,12-;/m1./s1. The van der Waals surface area contributed by atoms with Crippen LogP contribution in [0.25, 0.3) is 0 Å². The molecule has 2 aliphatic rings. The van der Waals surface area contributed by atoms with E-state index in [-0.39, 0.29) is 35.5 Å². The Hall–Kier alpha value is -1.33. The van der Waals surface area contributed by atoms with Crippen molar-refractivity contribution in [3.8, 4) is 0 Å². The number of aliphatic carboxylic acids is 2. The van der Waals surface area contributed by atoms with Gasteiger partial charge in [-0.1, -0.05) is 0 Å². The van der Waals surface area contributed by atoms with Crippen molar-refractivity contribution in [3.63, 3.8) is 0 Å². The second-order valence-corrected chi connectivity index (χ2v) is 7.30. The Bertz CT molecular complexity index is 765. The number of thioether (sulfide) groups is 1. The van der Waals surface area contributed by atoms with Crippen LogP contribution in [0.4, 0.5) is 5.00 Å². The molecule has 1 aromatic rings. The van der Waals surface area contributed by atoms with Crippen molar-refractivity contribution in [2.24, 2.45) is 0 Å². The van der Waals surface area contributed by atoms with Gasteiger partial charge in [0.1, 0.15) is 11.4 Å². The van der Waals surface area contributed by atoms with Crippen molar-refractivity contribution in [1.82, 2.24) is 4.90 Å². The fraction of sp³-hybridized carbons (Fsp3) is 0.286. The third-order valence-electron chi connectivity index (χ3n) is 3.71. The van der Waals surface area contributed by atoms with Crippen molar-refractivity contribution in [3.05, 3.63) is 29.3 Å². The summed E-state index contributed by atoms with van der Waals surface area (Å²) in [5, 5.41) is 20.6. The van der Waals surface area contributed by atoms with E-state index in [9.17, 15) is 24.3 Å². The first-order valence-electron chi connectivity index (χ1n) is 6.79. The van der Waals surface area contributed by atoms with Gasteiger partial charge in [0.25, 0.3) is 5.91 Å². The van der Waals surface area contributed by atoms with E-state index in [2.05, 4.69) is 0 Å². The first kappa shape index (κ1) is 20.0. The Morgan fingerprint density at radius 1 is 1.36 bits per heavy atom. The molecule has 1 fully saturated rings. The molecular formula is C14H11N2NaO6S2. The van der Waals surface area contributed by atoms with Gasteiger partial charge < -0.3 is 19.9 Å². The number of amides is 2. The van der Waals surface area contributed by atoms with Crippen molar-refractivity contribution < 1.29 is 58.9 Å². The van der Waals surface area contributed by atoms with Gasteiger partial charge in [-0.05, 0) is 17.5 Å². The quantitative estimate of drug-likeness (QED) is 0.418. The number of hydrogen-bond acceptors (Lipinski definition) is 7. The topological polar surface area (TPSA) is 118 Å². The zero-order chi connectivity index (χ0) is 17.6. The van der Waals surface area contributed by atoms with Crippen molar-refractivity contribution in [2.45, 2.75) is 23.6 Å². The molecule has 1 aromatic heterocycles. The maximum Gasteiger partial charge on any atom is 1.00 e. The van der Waals surface area contributed by atoms with Gasteiger partial charge >= 0.3 is 35.5 Å². The van der Waals surface area contributed by atoms with E-state index in [1.807, 2.05) is 0 Å². The van der Waals surface area contributed by atoms with Crippen LogP contribution >= 0.6 is 23.1 Å². The summed E-state index contributed by atoms with van der Waals surface area (Å²) in [6, 6.07) is 2.54. The van der Waals surface area contributed by atoms with E-state index in [1.54, 1.807) is 17.5 Å². The molecule has 1 saturated heterocycles. The number of hydrogen-bond donors (Lipinski definition) is 1. The minimum absolute atomic E-state index is 0. The maximum absolute atomic E-state index is 12.4. The molecule has 25 heavy (non-hydrogen) atoms. The molecule has 2 unspecified atom stereocenters. The number of carboxylic acids is 2. The predicted octanol–water partition coefficient (Wildman–Crippen LogP) is -3.52. The van der Waals surface area contributed by atoms with Gasteiger partial charge in [0.2, 0.25) is 5.91 Å². The van der Waals surface area contributed by atoms with E-state index in [0.717, 1.165) is 22.9 Å². The predicted molar refractivity (Wildman–Crippen MR) is 84.0 cm³/mol. The molecule has 11 heteroatoms. The summed E-state index contributed by atoms with van der Waals surface area (Å²) in [6.45, 7) is 1.32. The van der Waals surface area contributed by atoms with Crippen molar-refractivity contribution in [2.75, 3.05) is 4.90 Å². The van der Waals surface area contributed by atoms with E-state index >= 15 is 0 Å². The Morgan fingerprint density at radius 3 is 2.52 bits per heavy atom. The third kappa shape index (κ3) is 3.36. The molecule has 126 valence electrons. The zero-order valence-corrected chi connectivity index (χ0v) is 16.9. The molecule has 3 rings (SSSR count). The summed E-state index contributed by atoms with van der Waals surface area (Å²) in [5.74, 6) is -3.77. The number of β-lactam (4-membered cyclic amide) rings is 1. The SMILES string of the molecule is CC(=O)N(c1cccs1)C1C(=O)N2C=C(C(=O)O)C(C(=O)[O-])S[C@H]12.[Na+]. The van der Waals surface area contributed by atoms with Gasteiger partial charge in [0.05, 0.1) is 21.8 Å². The molecule has 2 aliphatic heterocycles. The largest absolute Gasteiger partial charge is 1.00 e. The van der Waals surface area contributed by atoms with E-state index in [1.165, 1.54) is 23.2 Å². The van der Waals surface area contributed by atoms with Gasteiger partial charge in [-0.2, -0.15) is 0 Å². The first-order chi connectivity index (χ1) is 11.3. The summed E-state index contributed by atoms with van der Waals surface area (Å²) < 4.78 is 0. The molecule has 0 aliphatic carbocycles. The number of nitrogens with zero attached hydrogens (tertiary/aromatic N) is 2. The normalized spacial score (nSPS) is 24.4. The molecule has 8 nitrogen and oxygen atoms in total. The number of rotatable bonds is 4. The monoisotopic (exact) mass is 390 g/mol. The van der Waals surface area contributed by atoms with E-state index in [4.69, 9.17) is 5.11 Å². The number of carboxylic acid groups (broad SMARTS) is 2. The fourth-order valence-electron chi connectivity index (χ4n) is 2.66. The minimum atomic E-state index is -1.54. The molecule has 1 N–H and O–H groups in total. The summed E-state index contributed by atoms with van der Waals surface area (Å²) >= 11 is 2.06. The second-order valence-electron chi connectivity index (χ2n) is 5.15. The van der Waals surface area contributed by atoms with Gasteiger partial charge in [0.15, 0.2) is 0 Å². The average Bonchev–Trinajstić information content (AvgIpc) is 3.03. The molecule has 3 heterocycles. The van der Waals surface area contributed by atoms with Crippen molar-refractivity contribution >= 4 is 51.9 Å². The van der Waals surface area contributed by atoms with Crippen LogP contribution < -0.4 is 39.6 Å². The van der Waals surface area contributed by atoms with Gasteiger partial charge in [0, 0.05) is 13.1 Å². The Morgan fingerprint density at radius 2 is 2.04 bits per heavy atom. The average molecular weight is 390 g/mol. The summed E-state index contributed by atoms with van der Waals surface area (Å²) in [7, 11) is 0. The van der Waals surface area contributed by atoms with Crippen LogP contribution in [0.5, 0.6) is 0 Å². The van der Waals surface area contributed by atoms with Crippen LogP contribution in [0.1, 0.15) is 6.92 Å². The Kier molecular flexibility index (Phi) is 6.00. The molecule has 0 radical (unpaired) electrons. The maximum atomic E-state index is 12.4. The number of carbonyl (C=O) groups is 4. The number of carbonyl (C=O) groups excluding carboxylic acids is 3. The van der Waals surface area contributed by atoms with Gasteiger partial charge in [-0.15, -0.1) is 23.1 Å². The Labute approximate surface area is 172 Å². The minimum Gasteiger partial charge on any atom is -0.549 e. The van der Waals surface area contributed by atoms with Gasteiger partial charge in [-0.3, -0.25) is 14.5 Å². The molecule has 0 bridgehead atoms. The molecule has 0 spiro atoms. The summed E-state index contributed by atoms with van der Waals surface area (Å²) in [5.41, 5.74) is -0.423. The molecule has 0 saturated carbocycles. The molecule has 2 amide bonds. The third-order valence-corrected chi connectivity index (χ3v) is 6.06. The van der Waals surface area contributed by atoms with Crippen LogP contribution in [0.2, 0.25) is 0 Å². The van der Waals surface area contributed by atoms with E-state index < -0.39 is 40.1 Å². The number of fused-ring (bicyclic) bond motifs is 1. The van der Waals surface area contributed by atoms with E-state index in [0.29, 0.717) is 5.00 Å². The second kappa shape index (κ2) is 7.50. The smallest absolute Gasteiger partial charge is 0.549 e. The number of thiophene rings is 1. The fourth-order valence-corrected chi connectivity index (χ4v) is 4.85. The molecule has 3 atom stereocenters. The van der Waals surface area contributed by atoms with Crippen molar-refractivity contribution in [1.29, 1.82) is 0 Å². The summed E-state index contributed by atoms with van der Waals surface area (Å²) in [4.78, 5) is 49.3. The van der Waals surface area contributed by atoms with Crippen LogP contribution in [0.3, 0.4) is 0 Å². The van der Waals surface area contributed by atoms with Gasteiger partial charge in [-0.25, -0.2) is 4.79 Å². The van der Waals surface area contributed by atoms with Crippen LogP contribution in [0, 0.1) is 0 Å². The van der Waals surface area contributed by atoms with Crippen LogP contribution in [-0.2, 0) is 19.2 Å². The molecular weight excluding hydrogens is 379 g/mol. The van der Waals surface area contributed by atoms with Crippen LogP contribution in [-0.4, -0.2) is 50.4 Å². The Balaban J connectivity index is 0.00000225. The number of anilines is 1.